The molecule has 8 heteroatoms. The Morgan fingerprint density at radius 2 is 2.04 bits per heavy atom. The Kier molecular flexibility index (Phi) is 4.29. The van der Waals surface area contributed by atoms with Gasteiger partial charge in [0.15, 0.2) is 0 Å². The van der Waals surface area contributed by atoms with E-state index in [2.05, 4.69) is 19.9 Å². The maximum Gasteiger partial charge on any atom is 0.250 e. The van der Waals surface area contributed by atoms with Crippen molar-refractivity contribution in [3.63, 3.8) is 0 Å². The third kappa shape index (κ3) is 3.34. The lowest BCUT2D eigenvalue weighted by Crippen LogP contribution is -2.22. The number of nitrogens with zero attached hydrogens (tertiary/aromatic N) is 2. The van der Waals surface area contributed by atoms with Gasteiger partial charge in [-0.1, -0.05) is 6.07 Å². The van der Waals surface area contributed by atoms with Gasteiger partial charge in [0.1, 0.15) is 9.90 Å². The molecule has 0 saturated heterocycles. The zero-order valence-corrected chi connectivity index (χ0v) is 14.3. The minimum atomic E-state index is -3.56. The zero-order chi connectivity index (χ0) is 16.4. The highest BCUT2D eigenvalue weighted by atomic mass is 32.2. The largest absolute Gasteiger partial charge is 0.282 e. The first-order chi connectivity index (χ1) is 11.0. The van der Waals surface area contributed by atoms with Crippen molar-refractivity contribution in [2.24, 2.45) is 0 Å². The molecule has 0 radical (unpaired) electrons. The molecule has 0 saturated carbocycles. The smallest absolute Gasteiger partial charge is 0.250 e. The molecule has 3 rings (SSSR count). The summed E-state index contributed by atoms with van der Waals surface area (Å²) in [4.78, 5) is 4.93. The van der Waals surface area contributed by atoms with Crippen molar-refractivity contribution in [2.75, 3.05) is 0 Å². The van der Waals surface area contributed by atoms with Gasteiger partial charge in [-0.25, -0.2) is 13.1 Å². The number of hydrogen-bond acceptors (Lipinski definition) is 5. The van der Waals surface area contributed by atoms with E-state index in [-0.39, 0.29) is 10.8 Å². The Hall–Kier alpha value is -2.03. The summed E-state index contributed by atoms with van der Waals surface area (Å²) in [6.07, 6.45) is 1.63. The van der Waals surface area contributed by atoms with Gasteiger partial charge in [-0.05, 0) is 43.7 Å². The molecule has 0 aliphatic heterocycles. The van der Waals surface area contributed by atoms with E-state index < -0.39 is 10.0 Å². The van der Waals surface area contributed by atoms with Crippen molar-refractivity contribution < 1.29 is 8.42 Å². The summed E-state index contributed by atoms with van der Waals surface area (Å²) >= 11 is 1.20. The highest BCUT2D eigenvalue weighted by Gasteiger charge is 2.19. The second-order valence-corrected chi connectivity index (χ2v) is 8.16. The van der Waals surface area contributed by atoms with E-state index in [1.165, 1.54) is 11.3 Å². The van der Waals surface area contributed by atoms with Gasteiger partial charge in [-0.15, -0.1) is 11.3 Å². The quantitative estimate of drug-likeness (QED) is 0.742. The van der Waals surface area contributed by atoms with Crippen LogP contribution in [0.15, 0.2) is 40.7 Å². The fourth-order valence-electron chi connectivity index (χ4n) is 2.06. The van der Waals surface area contributed by atoms with Crippen molar-refractivity contribution in [2.45, 2.75) is 24.6 Å². The van der Waals surface area contributed by atoms with Gasteiger partial charge in [0.25, 0.3) is 0 Å². The van der Waals surface area contributed by atoms with Crippen LogP contribution in [-0.2, 0) is 16.6 Å². The Balaban J connectivity index is 1.80. The number of aromatic nitrogens is 3. The Labute approximate surface area is 138 Å². The molecule has 2 N–H and O–H groups in total. The molecule has 0 unspecified atom stereocenters. The molecule has 0 spiro atoms. The fourth-order valence-corrected chi connectivity index (χ4v) is 4.46. The van der Waals surface area contributed by atoms with Crippen LogP contribution in [0.1, 0.15) is 17.0 Å². The van der Waals surface area contributed by atoms with Crippen LogP contribution in [-0.4, -0.2) is 23.6 Å². The zero-order valence-electron chi connectivity index (χ0n) is 12.7. The van der Waals surface area contributed by atoms with Gasteiger partial charge in [-0.3, -0.25) is 10.1 Å². The SMILES string of the molecule is Cc1[nH]nc(-c2ccc(S(=O)(=O)NCc3ccccn3)s2)c1C. The summed E-state index contributed by atoms with van der Waals surface area (Å²) in [7, 11) is -3.56. The van der Waals surface area contributed by atoms with E-state index in [4.69, 9.17) is 0 Å². The van der Waals surface area contributed by atoms with Crippen molar-refractivity contribution in [1.82, 2.24) is 19.9 Å². The molecular weight excluding hydrogens is 332 g/mol. The standard InChI is InChI=1S/C15H16N4O2S2/c1-10-11(2)18-19-15(10)13-6-7-14(22-13)23(20,21)17-9-12-5-3-4-8-16-12/h3-8,17H,9H2,1-2H3,(H,18,19). The third-order valence-corrected chi connectivity index (χ3v) is 6.49. The molecule has 0 bridgehead atoms. The van der Waals surface area contributed by atoms with Gasteiger partial charge in [0.05, 0.1) is 17.1 Å². The number of rotatable bonds is 5. The van der Waals surface area contributed by atoms with Crippen LogP contribution < -0.4 is 4.72 Å². The van der Waals surface area contributed by atoms with E-state index >= 15 is 0 Å². The Bertz CT molecular complexity index is 914. The molecule has 0 aliphatic rings. The van der Waals surface area contributed by atoms with Crippen LogP contribution in [0.3, 0.4) is 0 Å². The molecule has 3 aromatic rings. The van der Waals surface area contributed by atoms with Crippen LogP contribution in [0.2, 0.25) is 0 Å². The van der Waals surface area contributed by atoms with Gasteiger partial charge in [0, 0.05) is 11.9 Å². The van der Waals surface area contributed by atoms with Gasteiger partial charge in [-0.2, -0.15) is 5.10 Å². The highest BCUT2D eigenvalue weighted by Crippen LogP contribution is 2.32. The summed E-state index contributed by atoms with van der Waals surface area (Å²) in [5, 5.41) is 7.15. The minimum absolute atomic E-state index is 0.164. The molecule has 23 heavy (non-hydrogen) atoms. The number of aromatic amines is 1. The average Bonchev–Trinajstić information content (AvgIpc) is 3.15. The average molecular weight is 348 g/mol. The van der Waals surface area contributed by atoms with Crippen molar-refractivity contribution in [1.29, 1.82) is 0 Å². The predicted octanol–water partition coefficient (Wildman–Crippen LogP) is 2.63. The molecule has 3 heterocycles. The van der Waals surface area contributed by atoms with E-state index in [0.29, 0.717) is 5.69 Å². The normalized spacial score (nSPS) is 11.7. The second-order valence-electron chi connectivity index (χ2n) is 5.09. The van der Waals surface area contributed by atoms with E-state index in [1.54, 1.807) is 30.5 Å². The molecule has 0 amide bonds. The lowest BCUT2D eigenvalue weighted by Gasteiger charge is -2.03. The maximum atomic E-state index is 12.4. The van der Waals surface area contributed by atoms with E-state index in [0.717, 1.165) is 21.8 Å². The number of hydrogen-bond donors (Lipinski definition) is 2. The van der Waals surface area contributed by atoms with E-state index in [9.17, 15) is 8.42 Å². The number of aryl methyl sites for hydroxylation is 1. The molecule has 0 fully saturated rings. The maximum absolute atomic E-state index is 12.4. The van der Waals surface area contributed by atoms with Gasteiger partial charge in [0.2, 0.25) is 10.0 Å². The first-order valence-electron chi connectivity index (χ1n) is 6.99. The monoisotopic (exact) mass is 348 g/mol. The summed E-state index contributed by atoms with van der Waals surface area (Å²) in [6.45, 7) is 4.06. The third-order valence-electron chi connectivity index (χ3n) is 3.50. The van der Waals surface area contributed by atoms with Crippen LogP contribution in [0.4, 0.5) is 0 Å². The topological polar surface area (TPSA) is 87.7 Å². The number of pyridine rings is 1. The van der Waals surface area contributed by atoms with Gasteiger partial charge >= 0.3 is 0 Å². The Morgan fingerprint density at radius 3 is 2.70 bits per heavy atom. The molecule has 0 atom stereocenters. The Morgan fingerprint density at radius 1 is 1.22 bits per heavy atom. The number of H-pyrrole nitrogens is 1. The number of sulfonamides is 1. The number of nitrogens with one attached hydrogen (secondary N) is 2. The van der Waals surface area contributed by atoms with Crippen LogP contribution >= 0.6 is 11.3 Å². The van der Waals surface area contributed by atoms with Crippen molar-refractivity contribution in [3.05, 3.63) is 53.5 Å². The lowest BCUT2D eigenvalue weighted by molar-refractivity contribution is 0.582. The molecule has 120 valence electrons. The molecule has 6 nitrogen and oxygen atoms in total. The molecular formula is C15H16N4O2S2. The molecule has 0 aliphatic carbocycles. The molecule has 3 aromatic heterocycles. The van der Waals surface area contributed by atoms with Crippen molar-refractivity contribution in [3.8, 4) is 10.6 Å². The summed E-state index contributed by atoms with van der Waals surface area (Å²) in [5.41, 5.74) is 3.47. The summed E-state index contributed by atoms with van der Waals surface area (Å²) in [5.74, 6) is 0. The molecule has 0 aromatic carbocycles. The van der Waals surface area contributed by atoms with Gasteiger partial charge < -0.3 is 0 Å². The van der Waals surface area contributed by atoms with Crippen LogP contribution in [0.5, 0.6) is 0 Å². The van der Waals surface area contributed by atoms with E-state index in [1.807, 2.05) is 19.9 Å². The first-order valence-corrected chi connectivity index (χ1v) is 9.28. The minimum Gasteiger partial charge on any atom is -0.282 e. The summed E-state index contributed by atoms with van der Waals surface area (Å²) < 4.78 is 27.6. The first kappa shape index (κ1) is 15.9. The van der Waals surface area contributed by atoms with Crippen LogP contribution in [0.25, 0.3) is 10.6 Å². The van der Waals surface area contributed by atoms with Crippen molar-refractivity contribution >= 4 is 21.4 Å². The highest BCUT2D eigenvalue weighted by molar-refractivity contribution is 7.91. The second kappa shape index (κ2) is 6.23. The predicted molar refractivity (Wildman–Crippen MR) is 89.6 cm³/mol. The number of thiophene rings is 1. The fraction of sp³-hybridized carbons (Fsp3) is 0.200. The lowest BCUT2D eigenvalue weighted by atomic mass is 10.2. The van der Waals surface area contributed by atoms with Crippen LogP contribution in [0, 0.1) is 13.8 Å². The summed E-state index contributed by atoms with van der Waals surface area (Å²) in [6, 6.07) is 8.77.